The zero-order valence-electron chi connectivity index (χ0n) is 19.8. The van der Waals surface area contributed by atoms with Crippen molar-refractivity contribution in [3.63, 3.8) is 0 Å². The molecule has 0 bridgehead atoms. The van der Waals surface area contributed by atoms with Gasteiger partial charge in [-0.2, -0.15) is 0 Å². The predicted octanol–water partition coefficient (Wildman–Crippen LogP) is 3.32. The fourth-order valence-electron chi connectivity index (χ4n) is 4.15. The number of benzene rings is 1. The number of carbonyl (C=O) groups is 3. The minimum absolute atomic E-state index is 0.0796. The van der Waals surface area contributed by atoms with E-state index in [1.54, 1.807) is 72.5 Å². The predicted molar refractivity (Wildman–Crippen MR) is 137 cm³/mol. The van der Waals surface area contributed by atoms with Gasteiger partial charge in [0.25, 0.3) is 11.8 Å². The van der Waals surface area contributed by atoms with Crippen LogP contribution in [0.15, 0.2) is 73.3 Å². The molecule has 1 aliphatic heterocycles. The maximum absolute atomic E-state index is 13.7. The molecule has 3 aromatic heterocycles. The third-order valence-corrected chi connectivity index (χ3v) is 6.30. The fraction of sp³-hybridized carbons (Fsp3) is 0.154. The summed E-state index contributed by atoms with van der Waals surface area (Å²) in [6, 6.07) is 14.7. The second-order valence-corrected chi connectivity index (χ2v) is 8.91. The van der Waals surface area contributed by atoms with Crippen LogP contribution in [0.4, 0.5) is 11.6 Å². The highest BCUT2D eigenvalue weighted by Crippen LogP contribution is 2.27. The van der Waals surface area contributed by atoms with Crippen molar-refractivity contribution < 1.29 is 14.4 Å². The SMILES string of the molecule is Cn1cnc2c1C(=O)N(Cc1ccc(C(=O)Nc3ccccn3)c(Cl)c1)C(Cc1ccccn1)C(=O)N2. The van der Waals surface area contributed by atoms with Gasteiger partial charge >= 0.3 is 0 Å². The van der Waals surface area contributed by atoms with Crippen molar-refractivity contribution in [2.24, 2.45) is 7.05 Å². The molecule has 1 aliphatic rings. The molecule has 5 rings (SSSR count). The van der Waals surface area contributed by atoms with Crippen LogP contribution in [-0.4, -0.2) is 48.2 Å². The summed E-state index contributed by atoms with van der Waals surface area (Å²) >= 11 is 6.47. The maximum atomic E-state index is 13.7. The Morgan fingerprint density at radius 1 is 1.05 bits per heavy atom. The van der Waals surface area contributed by atoms with Gasteiger partial charge in [-0.1, -0.05) is 29.8 Å². The first-order valence-corrected chi connectivity index (χ1v) is 11.8. The summed E-state index contributed by atoms with van der Waals surface area (Å²) in [5, 5.41) is 5.68. The Labute approximate surface area is 217 Å². The smallest absolute Gasteiger partial charge is 0.275 e. The second-order valence-electron chi connectivity index (χ2n) is 8.50. The summed E-state index contributed by atoms with van der Waals surface area (Å²) in [7, 11) is 1.69. The molecule has 4 heterocycles. The summed E-state index contributed by atoms with van der Waals surface area (Å²) in [6.45, 7) is 0.0796. The minimum Gasteiger partial charge on any atom is -0.328 e. The van der Waals surface area contributed by atoms with Crippen LogP contribution in [0.1, 0.15) is 32.1 Å². The molecular weight excluding hydrogens is 494 g/mol. The van der Waals surface area contributed by atoms with E-state index in [9.17, 15) is 14.4 Å². The fourth-order valence-corrected chi connectivity index (χ4v) is 4.44. The molecule has 0 radical (unpaired) electrons. The largest absolute Gasteiger partial charge is 0.328 e. The lowest BCUT2D eigenvalue weighted by Gasteiger charge is -2.29. The first kappa shape index (κ1) is 24.1. The normalized spacial score (nSPS) is 15.1. The molecule has 10 nitrogen and oxygen atoms in total. The van der Waals surface area contributed by atoms with Gasteiger partial charge in [-0.05, 0) is 42.0 Å². The molecule has 1 atom stereocenters. The zero-order valence-corrected chi connectivity index (χ0v) is 20.5. The highest BCUT2D eigenvalue weighted by atomic mass is 35.5. The summed E-state index contributed by atoms with van der Waals surface area (Å²) in [5.74, 6) is -0.520. The number of fused-ring (bicyclic) bond motifs is 1. The zero-order chi connectivity index (χ0) is 25.9. The van der Waals surface area contributed by atoms with E-state index in [2.05, 4.69) is 25.6 Å². The van der Waals surface area contributed by atoms with Crippen molar-refractivity contribution in [2.75, 3.05) is 10.6 Å². The number of aryl methyl sites for hydroxylation is 1. The van der Waals surface area contributed by atoms with Crippen LogP contribution in [0.3, 0.4) is 0 Å². The number of rotatable bonds is 6. The topological polar surface area (TPSA) is 122 Å². The van der Waals surface area contributed by atoms with Crippen molar-refractivity contribution in [3.05, 3.63) is 101 Å². The Balaban J connectivity index is 1.44. The van der Waals surface area contributed by atoms with Crippen molar-refractivity contribution >= 4 is 41.0 Å². The number of carbonyl (C=O) groups excluding carboxylic acids is 3. The number of imidazole rings is 1. The highest BCUT2D eigenvalue weighted by Gasteiger charge is 2.38. The van der Waals surface area contributed by atoms with Gasteiger partial charge < -0.3 is 20.1 Å². The molecule has 4 aromatic rings. The van der Waals surface area contributed by atoms with Gasteiger partial charge in [-0.3, -0.25) is 19.4 Å². The number of amides is 3. The van der Waals surface area contributed by atoms with Crippen molar-refractivity contribution in [1.82, 2.24) is 24.4 Å². The van der Waals surface area contributed by atoms with Crippen molar-refractivity contribution in [1.29, 1.82) is 0 Å². The first-order chi connectivity index (χ1) is 17.9. The van der Waals surface area contributed by atoms with E-state index in [1.165, 1.54) is 11.2 Å². The molecule has 0 fully saturated rings. The molecule has 11 heteroatoms. The molecule has 3 amide bonds. The molecule has 186 valence electrons. The Bertz CT molecular complexity index is 1470. The van der Waals surface area contributed by atoms with E-state index in [1.807, 2.05) is 6.07 Å². The van der Waals surface area contributed by atoms with Crippen LogP contribution >= 0.6 is 11.6 Å². The highest BCUT2D eigenvalue weighted by molar-refractivity contribution is 6.34. The van der Waals surface area contributed by atoms with E-state index in [0.717, 1.165) is 0 Å². The van der Waals surface area contributed by atoms with Gasteiger partial charge in [0.2, 0.25) is 5.91 Å². The molecule has 1 unspecified atom stereocenters. The third kappa shape index (κ3) is 5.05. The molecule has 0 saturated heterocycles. The number of nitrogens with zero attached hydrogens (tertiary/aromatic N) is 5. The van der Waals surface area contributed by atoms with Gasteiger partial charge in [0.15, 0.2) is 11.5 Å². The van der Waals surface area contributed by atoms with E-state index in [4.69, 9.17) is 11.6 Å². The average Bonchev–Trinajstić information content (AvgIpc) is 3.22. The van der Waals surface area contributed by atoms with E-state index < -0.39 is 11.9 Å². The Morgan fingerprint density at radius 2 is 1.84 bits per heavy atom. The Hall–Kier alpha value is -4.57. The second kappa shape index (κ2) is 10.2. The van der Waals surface area contributed by atoms with Crippen LogP contribution in [0.25, 0.3) is 0 Å². The van der Waals surface area contributed by atoms with Crippen LogP contribution in [0.2, 0.25) is 5.02 Å². The molecule has 1 aromatic carbocycles. The minimum atomic E-state index is -0.845. The average molecular weight is 516 g/mol. The summed E-state index contributed by atoms with van der Waals surface area (Å²) in [6.07, 6.45) is 4.90. The van der Waals surface area contributed by atoms with Crippen LogP contribution in [-0.2, 0) is 24.8 Å². The van der Waals surface area contributed by atoms with E-state index in [-0.39, 0.29) is 46.9 Å². The van der Waals surface area contributed by atoms with E-state index in [0.29, 0.717) is 17.1 Å². The number of nitrogens with one attached hydrogen (secondary N) is 2. The monoisotopic (exact) mass is 515 g/mol. The Morgan fingerprint density at radius 3 is 2.54 bits per heavy atom. The van der Waals surface area contributed by atoms with E-state index >= 15 is 0 Å². The van der Waals surface area contributed by atoms with Gasteiger partial charge in [-0.15, -0.1) is 0 Å². The molecule has 2 N–H and O–H groups in total. The summed E-state index contributed by atoms with van der Waals surface area (Å²) in [5.41, 5.74) is 1.85. The van der Waals surface area contributed by atoms with Crippen LogP contribution in [0.5, 0.6) is 0 Å². The lowest BCUT2D eigenvalue weighted by Crippen LogP contribution is -2.46. The number of hydrogen-bond acceptors (Lipinski definition) is 6. The van der Waals surface area contributed by atoms with Crippen LogP contribution in [0, 0.1) is 0 Å². The van der Waals surface area contributed by atoms with Gasteiger partial charge in [0, 0.05) is 38.1 Å². The third-order valence-electron chi connectivity index (χ3n) is 5.99. The molecule has 0 saturated carbocycles. The summed E-state index contributed by atoms with van der Waals surface area (Å²) in [4.78, 5) is 53.7. The first-order valence-electron chi connectivity index (χ1n) is 11.4. The van der Waals surface area contributed by atoms with Gasteiger partial charge in [0.1, 0.15) is 11.9 Å². The van der Waals surface area contributed by atoms with Gasteiger partial charge in [0.05, 0.1) is 16.9 Å². The lowest BCUT2D eigenvalue weighted by molar-refractivity contribution is -0.120. The number of aromatic nitrogens is 4. The number of pyridine rings is 2. The molecular formula is C26H22ClN7O3. The molecule has 0 aliphatic carbocycles. The maximum Gasteiger partial charge on any atom is 0.275 e. The quantitative estimate of drug-likeness (QED) is 0.406. The van der Waals surface area contributed by atoms with Gasteiger partial charge in [-0.25, -0.2) is 9.97 Å². The number of anilines is 2. The summed E-state index contributed by atoms with van der Waals surface area (Å²) < 4.78 is 1.58. The Kier molecular flexibility index (Phi) is 6.65. The standard InChI is InChI=1S/C26H22ClN7O3/c1-33-15-30-23-22(33)26(37)34(20(25(36)32-23)13-17-6-2-4-10-28-17)14-16-8-9-18(19(27)12-16)24(35)31-21-7-3-5-11-29-21/h2-12,15,20H,13-14H2,1H3,(H,32,36)(H,29,31,35). The molecule has 0 spiro atoms. The number of halogens is 1. The molecule has 37 heavy (non-hydrogen) atoms. The lowest BCUT2D eigenvalue weighted by atomic mass is 10.1. The van der Waals surface area contributed by atoms with Crippen LogP contribution < -0.4 is 10.6 Å². The van der Waals surface area contributed by atoms with Crippen molar-refractivity contribution in [2.45, 2.75) is 19.0 Å². The van der Waals surface area contributed by atoms with Crippen molar-refractivity contribution in [3.8, 4) is 0 Å². The number of hydrogen-bond donors (Lipinski definition) is 2.